The van der Waals surface area contributed by atoms with Gasteiger partial charge < -0.3 is 15.1 Å². The summed E-state index contributed by atoms with van der Waals surface area (Å²) in [5.41, 5.74) is 2.11. The number of fused-ring (bicyclic) bond motifs is 1. The van der Waals surface area contributed by atoms with Crippen LogP contribution in [0.4, 0.5) is 11.4 Å². The Kier molecular flexibility index (Phi) is 7.18. The first-order valence-corrected chi connectivity index (χ1v) is 13.1. The first-order valence-electron chi connectivity index (χ1n) is 11.5. The van der Waals surface area contributed by atoms with Crippen molar-refractivity contribution < 1.29 is 9.59 Å². The number of rotatable bonds is 4. The number of carbonyl (C=O) groups excluding carboxylic acids is 2. The van der Waals surface area contributed by atoms with E-state index in [0.29, 0.717) is 42.5 Å². The number of halogens is 1. The molecule has 1 saturated heterocycles. The molecule has 3 aromatic carbocycles. The molecule has 1 aliphatic rings. The molecular formula is C27H23ClN4O2S2. The van der Waals surface area contributed by atoms with Gasteiger partial charge in [0.15, 0.2) is 5.11 Å². The molecule has 0 bridgehead atoms. The van der Waals surface area contributed by atoms with E-state index in [9.17, 15) is 9.59 Å². The first kappa shape index (κ1) is 24.2. The van der Waals surface area contributed by atoms with Crippen LogP contribution in [0, 0.1) is 0 Å². The highest BCUT2D eigenvalue weighted by Gasteiger charge is 2.24. The van der Waals surface area contributed by atoms with Gasteiger partial charge in [0.1, 0.15) is 0 Å². The number of benzene rings is 3. The number of hydrogen-bond acceptors (Lipinski definition) is 5. The van der Waals surface area contributed by atoms with Gasteiger partial charge in [0.2, 0.25) is 0 Å². The molecular weight excluding hydrogens is 512 g/mol. The van der Waals surface area contributed by atoms with E-state index >= 15 is 0 Å². The van der Waals surface area contributed by atoms with E-state index in [1.165, 1.54) is 11.3 Å². The van der Waals surface area contributed by atoms with Gasteiger partial charge in [-0.25, -0.2) is 0 Å². The second-order valence-electron chi connectivity index (χ2n) is 8.39. The molecule has 2 amide bonds. The summed E-state index contributed by atoms with van der Waals surface area (Å²) in [5, 5.41) is 10.5. The number of carbonyl (C=O) groups is 2. The van der Waals surface area contributed by atoms with Crippen LogP contribution in [0.15, 0.2) is 78.2 Å². The van der Waals surface area contributed by atoms with E-state index in [4.69, 9.17) is 23.8 Å². The van der Waals surface area contributed by atoms with Crippen LogP contribution in [0.1, 0.15) is 20.0 Å². The summed E-state index contributed by atoms with van der Waals surface area (Å²) in [4.78, 5) is 30.1. The predicted molar refractivity (Wildman–Crippen MR) is 152 cm³/mol. The van der Waals surface area contributed by atoms with E-state index in [2.05, 4.69) is 15.5 Å². The molecule has 1 aliphatic heterocycles. The minimum absolute atomic E-state index is 0.0783. The average molecular weight is 535 g/mol. The third-order valence-electron chi connectivity index (χ3n) is 6.08. The molecule has 0 aliphatic carbocycles. The second kappa shape index (κ2) is 10.7. The zero-order valence-corrected chi connectivity index (χ0v) is 21.6. The van der Waals surface area contributed by atoms with Gasteiger partial charge in [-0.2, -0.15) is 0 Å². The van der Waals surface area contributed by atoms with Crippen molar-refractivity contribution in [2.24, 2.45) is 0 Å². The van der Waals surface area contributed by atoms with Crippen molar-refractivity contribution in [1.82, 2.24) is 10.2 Å². The Morgan fingerprint density at radius 1 is 0.889 bits per heavy atom. The Morgan fingerprint density at radius 2 is 1.67 bits per heavy atom. The van der Waals surface area contributed by atoms with Crippen molar-refractivity contribution in [3.05, 3.63) is 93.6 Å². The summed E-state index contributed by atoms with van der Waals surface area (Å²) < 4.78 is 0. The maximum absolute atomic E-state index is 12.7. The van der Waals surface area contributed by atoms with Crippen LogP contribution in [0.2, 0.25) is 5.02 Å². The van der Waals surface area contributed by atoms with Crippen molar-refractivity contribution in [3.8, 4) is 0 Å². The lowest BCUT2D eigenvalue weighted by Crippen LogP contribution is -2.48. The highest BCUT2D eigenvalue weighted by atomic mass is 35.5. The predicted octanol–water partition coefficient (Wildman–Crippen LogP) is 5.64. The number of thiophene rings is 1. The van der Waals surface area contributed by atoms with Crippen molar-refractivity contribution in [1.29, 1.82) is 0 Å². The lowest BCUT2D eigenvalue weighted by atomic mass is 10.1. The maximum Gasteiger partial charge on any atom is 0.264 e. The van der Waals surface area contributed by atoms with E-state index in [0.717, 1.165) is 21.3 Å². The van der Waals surface area contributed by atoms with Gasteiger partial charge in [-0.1, -0.05) is 48.0 Å². The highest BCUT2D eigenvalue weighted by molar-refractivity contribution is 7.80. The Labute approximate surface area is 223 Å². The zero-order valence-electron chi connectivity index (χ0n) is 19.2. The smallest absolute Gasteiger partial charge is 0.264 e. The number of amides is 2. The van der Waals surface area contributed by atoms with Crippen LogP contribution in [0.3, 0.4) is 0 Å². The minimum Gasteiger partial charge on any atom is -0.367 e. The molecule has 1 fully saturated rings. The molecule has 9 heteroatoms. The molecule has 4 aromatic rings. The van der Waals surface area contributed by atoms with Gasteiger partial charge in [-0.3, -0.25) is 14.9 Å². The van der Waals surface area contributed by atoms with Gasteiger partial charge in [0.25, 0.3) is 11.8 Å². The Hall–Kier alpha value is -3.46. The summed E-state index contributed by atoms with van der Waals surface area (Å²) in [6.07, 6.45) is 0. The van der Waals surface area contributed by atoms with Crippen molar-refractivity contribution >= 4 is 74.2 Å². The fourth-order valence-electron chi connectivity index (χ4n) is 4.22. The summed E-state index contributed by atoms with van der Waals surface area (Å²) >= 11 is 13.4. The molecule has 0 saturated carbocycles. The molecule has 2 heterocycles. The quantitative estimate of drug-likeness (QED) is 0.332. The van der Waals surface area contributed by atoms with E-state index in [1.54, 1.807) is 12.1 Å². The van der Waals surface area contributed by atoms with Crippen LogP contribution >= 0.6 is 35.2 Å². The number of hydrogen-bond donors (Lipinski definition) is 2. The summed E-state index contributed by atoms with van der Waals surface area (Å²) in [7, 11) is 0. The number of nitrogens with one attached hydrogen (secondary N) is 2. The van der Waals surface area contributed by atoms with Gasteiger partial charge >= 0.3 is 0 Å². The molecule has 2 N–H and O–H groups in total. The normalized spacial score (nSPS) is 13.5. The molecule has 0 unspecified atom stereocenters. The van der Waals surface area contributed by atoms with Gasteiger partial charge in [0, 0.05) is 37.4 Å². The summed E-state index contributed by atoms with van der Waals surface area (Å²) in [6, 6.07) is 22.7. The van der Waals surface area contributed by atoms with Crippen molar-refractivity contribution in [3.63, 3.8) is 0 Å². The highest BCUT2D eigenvalue weighted by Crippen LogP contribution is 2.30. The van der Waals surface area contributed by atoms with Crippen LogP contribution < -0.4 is 15.5 Å². The minimum atomic E-state index is -0.282. The monoisotopic (exact) mass is 534 g/mol. The standard InChI is InChI=1S/C27H23ClN4O2S2/c28-22-17-21(29-27(35)30-25(33)20-8-7-18-4-1-2-5-19(18)16-20)9-10-23(22)31-11-13-32(14-12-31)26(34)24-6-3-15-36-24/h1-10,15-17H,11-14H2,(H2,29,30,33,35). The molecule has 5 rings (SSSR count). The van der Waals surface area contributed by atoms with E-state index in [-0.39, 0.29) is 16.9 Å². The largest absolute Gasteiger partial charge is 0.367 e. The molecule has 0 radical (unpaired) electrons. The first-order chi connectivity index (χ1) is 17.5. The number of piperazine rings is 1. The average Bonchev–Trinajstić information content (AvgIpc) is 3.43. The van der Waals surface area contributed by atoms with Crippen molar-refractivity contribution in [2.45, 2.75) is 0 Å². The zero-order chi connectivity index (χ0) is 25.1. The fourth-order valence-corrected chi connectivity index (χ4v) is 5.42. The van der Waals surface area contributed by atoms with Crippen LogP contribution in [-0.4, -0.2) is 48.0 Å². The van der Waals surface area contributed by atoms with Crippen LogP contribution in [-0.2, 0) is 0 Å². The van der Waals surface area contributed by atoms with Gasteiger partial charge in [-0.15, -0.1) is 11.3 Å². The third kappa shape index (κ3) is 5.36. The van der Waals surface area contributed by atoms with Gasteiger partial charge in [-0.05, 0) is 64.8 Å². The molecule has 0 spiro atoms. The summed E-state index contributed by atoms with van der Waals surface area (Å²) in [6.45, 7) is 2.67. The van der Waals surface area contributed by atoms with E-state index in [1.807, 2.05) is 70.9 Å². The lowest BCUT2D eigenvalue weighted by molar-refractivity contribution is 0.0751. The number of anilines is 2. The lowest BCUT2D eigenvalue weighted by Gasteiger charge is -2.36. The topological polar surface area (TPSA) is 64.7 Å². The molecule has 6 nitrogen and oxygen atoms in total. The summed E-state index contributed by atoms with van der Waals surface area (Å²) in [5.74, 6) is -0.203. The van der Waals surface area contributed by atoms with Crippen molar-refractivity contribution in [2.75, 3.05) is 36.4 Å². The van der Waals surface area contributed by atoms with Gasteiger partial charge in [0.05, 0.1) is 15.6 Å². The van der Waals surface area contributed by atoms with E-state index < -0.39 is 0 Å². The number of nitrogens with zero attached hydrogens (tertiary/aromatic N) is 2. The second-order valence-corrected chi connectivity index (χ2v) is 10.2. The third-order valence-corrected chi connectivity index (χ3v) is 7.45. The molecule has 1 aromatic heterocycles. The molecule has 36 heavy (non-hydrogen) atoms. The molecule has 0 atom stereocenters. The van der Waals surface area contributed by atoms with Crippen LogP contribution in [0.25, 0.3) is 10.8 Å². The Balaban J connectivity index is 1.17. The number of thiocarbonyl (C=S) groups is 1. The molecule has 182 valence electrons. The Bertz CT molecular complexity index is 1430. The fraction of sp³-hybridized carbons (Fsp3) is 0.148. The van der Waals surface area contributed by atoms with Crippen LogP contribution in [0.5, 0.6) is 0 Å². The Morgan fingerprint density at radius 3 is 2.39 bits per heavy atom. The SMILES string of the molecule is O=C(NC(=S)Nc1ccc(N2CCN(C(=O)c3cccs3)CC2)c(Cl)c1)c1ccc2ccccc2c1. The maximum atomic E-state index is 12.7.